The van der Waals surface area contributed by atoms with Gasteiger partial charge >= 0.3 is 12.1 Å². The van der Waals surface area contributed by atoms with Crippen LogP contribution in [0.2, 0.25) is 0 Å². The Morgan fingerprint density at radius 2 is 1.61 bits per heavy atom. The molecule has 1 atom stereocenters. The van der Waals surface area contributed by atoms with E-state index in [4.69, 9.17) is 4.74 Å². The van der Waals surface area contributed by atoms with Crippen molar-refractivity contribution in [2.45, 2.75) is 51.1 Å². The number of rotatable bonds is 9. The largest absolute Gasteiger partial charge is 0.481 e. The molecule has 7 heteroatoms. The van der Waals surface area contributed by atoms with E-state index in [1.54, 1.807) is 4.90 Å². The molecule has 2 aliphatic carbocycles. The predicted molar refractivity (Wildman–Crippen MR) is 124 cm³/mol. The van der Waals surface area contributed by atoms with Crippen LogP contribution in [0.15, 0.2) is 48.5 Å². The van der Waals surface area contributed by atoms with E-state index in [2.05, 4.69) is 17.4 Å². The van der Waals surface area contributed by atoms with Crippen molar-refractivity contribution in [2.24, 2.45) is 5.92 Å². The summed E-state index contributed by atoms with van der Waals surface area (Å²) in [6.45, 7) is 4.65. The number of alkyl carbamates (subject to hydrolysis) is 1. The summed E-state index contributed by atoms with van der Waals surface area (Å²) in [5, 5.41) is 11.8. The van der Waals surface area contributed by atoms with Gasteiger partial charge < -0.3 is 20.1 Å². The molecule has 2 amide bonds. The Morgan fingerprint density at radius 1 is 1.03 bits per heavy atom. The number of amides is 2. The number of aliphatic carboxylic acids is 1. The summed E-state index contributed by atoms with van der Waals surface area (Å²) >= 11 is 0. The van der Waals surface area contributed by atoms with E-state index in [0.29, 0.717) is 6.54 Å². The first-order chi connectivity index (χ1) is 15.8. The van der Waals surface area contributed by atoms with Crippen LogP contribution >= 0.6 is 0 Å². The molecule has 0 saturated heterocycles. The van der Waals surface area contributed by atoms with Gasteiger partial charge in [0.25, 0.3) is 0 Å². The molecule has 2 aromatic rings. The summed E-state index contributed by atoms with van der Waals surface area (Å²) in [5.41, 5.74) is 4.41. The summed E-state index contributed by atoms with van der Waals surface area (Å²) in [5.74, 6) is -1.37. The highest BCUT2D eigenvalue weighted by Gasteiger charge is 2.38. The fraction of sp³-hybridized carbons (Fsp3) is 0.423. The van der Waals surface area contributed by atoms with Gasteiger partial charge in [-0.15, -0.1) is 0 Å². The SMILES string of the molecule is CC(C)CN(C(=O)C(CC(=O)O)NC(=O)OCC1c2ccccc2-c2ccccc21)C1CC1. The molecule has 0 radical (unpaired) electrons. The second-order valence-electron chi connectivity index (χ2n) is 9.24. The minimum atomic E-state index is -1.16. The molecule has 2 N–H and O–H groups in total. The number of ether oxygens (including phenoxy) is 1. The number of carboxylic acids is 1. The molecule has 1 fully saturated rings. The van der Waals surface area contributed by atoms with Gasteiger partial charge in [-0.25, -0.2) is 4.79 Å². The molecule has 0 heterocycles. The molecule has 4 rings (SSSR count). The van der Waals surface area contributed by atoms with Crippen molar-refractivity contribution in [3.8, 4) is 11.1 Å². The quantitative estimate of drug-likeness (QED) is 0.602. The van der Waals surface area contributed by atoms with Gasteiger partial charge in [0.05, 0.1) is 6.42 Å². The van der Waals surface area contributed by atoms with Crippen molar-refractivity contribution < 1.29 is 24.2 Å². The number of fused-ring (bicyclic) bond motifs is 3. The van der Waals surface area contributed by atoms with Gasteiger partial charge in [-0.1, -0.05) is 62.4 Å². The van der Waals surface area contributed by atoms with E-state index in [1.165, 1.54) is 0 Å². The minimum Gasteiger partial charge on any atom is -0.481 e. The van der Waals surface area contributed by atoms with Gasteiger partial charge in [0.1, 0.15) is 12.6 Å². The van der Waals surface area contributed by atoms with Crippen LogP contribution in [-0.2, 0) is 14.3 Å². The molecule has 174 valence electrons. The first-order valence-corrected chi connectivity index (χ1v) is 11.5. The second kappa shape index (κ2) is 9.65. The maximum atomic E-state index is 13.1. The average molecular weight is 451 g/mol. The Morgan fingerprint density at radius 3 is 2.12 bits per heavy atom. The van der Waals surface area contributed by atoms with Crippen LogP contribution in [0.1, 0.15) is 50.2 Å². The summed E-state index contributed by atoms with van der Waals surface area (Å²) < 4.78 is 5.53. The third-order valence-corrected chi connectivity index (χ3v) is 6.15. The van der Waals surface area contributed by atoms with E-state index < -0.39 is 24.5 Å². The van der Waals surface area contributed by atoms with Crippen LogP contribution in [0, 0.1) is 5.92 Å². The number of carboxylic acid groups (broad SMARTS) is 1. The van der Waals surface area contributed by atoms with Gasteiger partial charge in [0, 0.05) is 18.5 Å². The molecule has 1 saturated carbocycles. The third-order valence-electron chi connectivity index (χ3n) is 6.15. The molecule has 0 aliphatic heterocycles. The third kappa shape index (κ3) is 5.18. The highest BCUT2D eigenvalue weighted by molar-refractivity contribution is 5.89. The number of hydrogen-bond donors (Lipinski definition) is 2. The van der Waals surface area contributed by atoms with Gasteiger partial charge in [-0.05, 0) is 41.0 Å². The zero-order chi connectivity index (χ0) is 23.5. The topological polar surface area (TPSA) is 95.9 Å². The number of nitrogens with one attached hydrogen (secondary N) is 1. The van der Waals surface area contributed by atoms with E-state index in [1.807, 2.05) is 50.2 Å². The molecule has 2 aromatic carbocycles. The highest BCUT2D eigenvalue weighted by atomic mass is 16.5. The number of carbonyl (C=O) groups excluding carboxylic acids is 2. The predicted octanol–water partition coefficient (Wildman–Crippen LogP) is 4.02. The fourth-order valence-electron chi connectivity index (χ4n) is 4.56. The number of carbonyl (C=O) groups is 3. The molecule has 2 aliphatic rings. The summed E-state index contributed by atoms with van der Waals surface area (Å²) in [6, 6.07) is 15.0. The zero-order valence-corrected chi connectivity index (χ0v) is 19.0. The van der Waals surface area contributed by atoms with Crippen molar-refractivity contribution in [3.63, 3.8) is 0 Å². The molecular formula is C26H30N2O5. The van der Waals surface area contributed by atoms with Gasteiger partial charge in [0.15, 0.2) is 0 Å². The summed E-state index contributed by atoms with van der Waals surface area (Å²) in [4.78, 5) is 38.9. The normalized spacial score (nSPS) is 15.5. The van der Waals surface area contributed by atoms with Crippen LogP contribution < -0.4 is 5.32 Å². The number of benzene rings is 2. The molecule has 0 spiro atoms. The van der Waals surface area contributed by atoms with Crippen LogP contribution in [-0.4, -0.2) is 53.2 Å². The zero-order valence-electron chi connectivity index (χ0n) is 19.0. The molecule has 0 bridgehead atoms. The van der Waals surface area contributed by atoms with Crippen molar-refractivity contribution in [1.82, 2.24) is 10.2 Å². The van der Waals surface area contributed by atoms with Crippen molar-refractivity contribution >= 4 is 18.0 Å². The van der Waals surface area contributed by atoms with Crippen LogP contribution in [0.5, 0.6) is 0 Å². The lowest BCUT2D eigenvalue weighted by Crippen LogP contribution is -2.51. The molecule has 7 nitrogen and oxygen atoms in total. The molecule has 1 unspecified atom stereocenters. The summed E-state index contributed by atoms with van der Waals surface area (Å²) in [7, 11) is 0. The Hall–Kier alpha value is -3.35. The molecular weight excluding hydrogens is 420 g/mol. The Bertz CT molecular complexity index is 1000. The maximum Gasteiger partial charge on any atom is 0.407 e. The van der Waals surface area contributed by atoms with Crippen molar-refractivity contribution in [1.29, 1.82) is 0 Å². The monoisotopic (exact) mass is 450 g/mol. The highest BCUT2D eigenvalue weighted by Crippen LogP contribution is 2.44. The average Bonchev–Trinajstić information content (AvgIpc) is 3.57. The number of hydrogen-bond acceptors (Lipinski definition) is 4. The Labute approximate surface area is 193 Å². The molecule has 33 heavy (non-hydrogen) atoms. The minimum absolute atomic E-state index is 0.103. The first kappa shape index (κ1) is 22.8. The van der Waals surface area contributed by atoms with E-state index in [9.17, 15) is 19.5 Å². The van der Waals surface area contributed by atoms with E-state index in [-0.39, 0.29) is 30.4 Å². The molecule has 0 aromatic heterocycles. The van der Waals surface area contributed by atoms with Crippen molar-refractivity contribution in [2.75, 3.05) is 13.2 Å². The van der Waals surface area contributed by atoms with Crippen LogP contribution in [0.25, 0.3) is 11.1 Å². The first-order valence-electron chi connectivity index (χ1n) is 11.5. The van der Waals surface area contributed by atoms with E-state index in [0.717, 1.165) is 35.1 Å². The Balaban J connectivity index is 1.44. The van der Waals surface area contributed by atoms with Crippen LogP contribution in [0.4, 0.5) is 4.79 Å². The van der Waals surface area contributed by atoms with E-state index >= 15 is 0 Å². The summed E-state index contributed by atoms with van der Waals surface area (Å²) in [6.07, 6.45) is 0.549. The fourth-order valence-corrected chi connectivity index (χ4v) is 4.56. The lowest BCUT2D eigenvalue weighted by atomic mass is 9.98. The standard InChI is InChI=1S/C26H30N2O5/c1-16(2)14-28(17-11-12-17)25(31)23(13-24(29)30)27-26(32)33-15-22-20-9-5-3-7-18(20)19-8-4-6-10-21(19)22/h3-10,16-17,22-23H,11-15H2,1-2H3,(H,27,32)(H,29,30). The van der Waals surface area contributed by atoms with Gasteiger partial charge in [-0.2, -0.15) is 0 Å². The maximum absolute atomic E-state index is 13.1. The van der Waals surface area contributed by atoms with Crippen molar-refractivity contribution in [3.05, 3.63) is 59.7 Å². The number of nitrogens with zero attached hydrogens (tertiary/aromatic N) is 1. The second-order valence-corrected chi connectivity index (χ2v) is 9.24. The van der Waals surface area contributed by atoms with Gasteiger partial charge in [-0.3, -0.25) is 9.59 Å². The lowest BCUT2D eigenvalue weighted by molar-refractivity contribution is -0.143. The lowest BCUT2D eigenvalue weighted by Gasteiger charge is -2.28. The van der Waals surface area contributed by atoms with Gasteiger partial charge in [0.2, 0.25) is 5.91 Å². The Kier molecular flexibility index (Phi) is 6.67. The van der Waals surface area contributed by atoms with Crippen LogP contribution in [0.3, 0.4) is 0 Å². The smallest absolute Gasteiger partial charge is 0.407 e.